The van der Waals surface area contributed by atoms with Crippen LogP contribution in [0.4, 0.5) is 0 Å². The SMILES string of the molecule is Cc1noc(CNC(=O)CC(N)=S)n1. The lowest BCUT2D eigenvalue weighted by molar-refractivity contribution is -0.120. The molecule has 3 N–H and O–H groups in total. The van der Waals surface area contributed by atoms with Gasteiger partial charge in [0.25, 0.3) is 0 Å². The molecule has 76 valence electrons. The van der Waals surface area contributed by atoms with Crippen LogP contribution in [0, 0.1) is 6.92 Å². The molecule has 0 aromatic carbocycles. The molecule has 0 unspecified atom stereocenters. The molecule has 14 heavy (non-hydrogen) atoms. The van der Waals surface area contributed by atoms with E-state index in [1.807, 2.05) is 0 Å². The number of hydrogen-bond acceptors (Lipinski definition) is 5. The molecule has 0 atom stereocenters. The summed E-state index contributed by atoms with van der Waals surface area (Å²) in [7, 11) is 0. The Morgan fingerprint density at radius 2 is 2.43 bits per heavy atom. The van der Waals surface area contributed by atoms with Gasteiger partial charge in [-0.15, -0.1) is 0 Å². The number of amides is 1. The zero-order valence-electron chi connectivity index (χ0n) is 7.61. The predicted octanol–water partition coefficient (Wildman–Crippen LogP) is -0.330. The first-order chi connectivity index (χ1) is 6.58. The maximum atomic E-state index is 11.1. The number of nitrogens with two attached hydrogens (primary N) is 1. The topological polar surface area (TPSA) is 94.0 Å². The van der Waals surface area contributed by atoms with Crippen LogP contribution in [0.2, 0.25) is 0 Å². The second-order valence-corrected chi connectivity index (χ2v) is 3.18. The Kier molecular flexibility index (Phi) is 3.52. The van der Waals surface area contributed by atoms with Crippen molar-refractivity contribution in [3.05, 3.63) is 11.7 Å². The molecular formula is C7H10N4O2S. The first kappa shape index (κ1) is 10.6. The third-order valence-corrected chi connectivity index (χ3v) is 1.49. The standard InChI is InChI=1S/C7H10N4O2S/c1-4-10-7(13-11-4)3-9-6(12)2-5(8)14/h2-3H2,1H3,(H2,8,14)(H,9,12). The van der Waals surface area contributed by atoms with E-state index in [0.29, 0.717) is 11.7 Å². The van der Waals surface area contributed by atoms with E-state index in [0.717, 1.165) is 0 Å². The molecule has 0 aliphatic rings. The summed E-state index contributed by atoms with van der Waals surface area (Å²) in [5, 5.41) is 6.11. The highest BCUT2D eigenvalue weighted by molar-refractivity contribution is 7.80. The molecule has 0 bridgehead atoms. The van der Waals surface area contributed by atoms with Crippen molar-refractivity contribution in [2.45, 2.75) is 19.9 Å². The van der Waals surface area contributed by atoms with Crippen LogP contribution in [0.3, 0.4) is 0 Å². The summed E-state index contributed by atoms with van der Waals surface area (Å²) >= 11 is 4.57. The minimum Gasteiger partial charge on any atom is -0.393 e. The molecule has 0 fully saturated rings. The lowest BCUT2D eigenvalue weighted by Gasteiger charge is -1.99. The fourth-order valence-electron chi connectivity index (χ4n) is 0.807. The first-order valence-corrected chi connectivity index (χ1v) is 4.33. The maximum Gasteiger partial charge on any atom is 0.246 e. The molecular weight excluding hydrogens is 204 g/mol. The van der Waals surface area contributed by atoms with Crippen LogP contribution in [0.5, 0.6) is 0 Å². The number of carbonyl (C=O) groups is 1. The van der Waals surface area contributed by atoms with Gasteiger partial charge in [0.2, 0.25) is 11.8 Å². The van der Waals surface area contributed by atoms with Crippen molar-refractivity contribution in [2.24, 2.45) is 5.73 Å². The number of nitrogens with zero attached hydrogens (tertiary/aromatic N) is 2. The highest BCUT2D eigenvalue weighted by Crippen LogP contribution is 1.94. The number of thiocarbonyl (C=S) groups is 1. The zero-order chi connectivity index (χ0) is 10.6. The number of carbonyl (C=O) groups excluding carboxylic acids is 1. The molecule has 0 saturated heterocycles. The highest BCUT2D eigenvalue weighted by atomic mass is 32.1. The van der Waals surface area contributed by atoms with Crippen LogP contribution < -0.4 is 11.1 Å². The second-order valence-electron chi connectivity index (χ2n) is 2.66. The van der Waals surface area contributed by atoms with Gasteiger partial charge < -0.3 is 15.6 Å². The Bertz CT molecular complexity index is 349. The van der Waals surface area contributed by atoms with Crippen molar-refractivity contribution in [3.8, 4) is 0 Å². The van der Waals surface area contributed by atoms with Crippen molar-refractivity contribution in [1.29, 1.82) is 0 Å². The van der Waals surface area contributed by atoms with Gasteiger partial charge >= 0.3 is 0 Å². The zero-order valence-corrected chi connectivity index (χ0v) is 8.43. The van der Waals surface area contributed by atoms with Crippen molar-refractivity contribution in [3.63, 3.8) is 0 Å². The molecule has 0 aliphatic carbocycles. The lowest BCUT2D eigenvalue weighted by atomic mass is 10.4. The molecule has 0 spiro atoms. The third kappa shape index (κ3) is 3.48. The van der Waals surface area contributed by atoms with Gasteiger partial charge in [-0.1, -0.05) is 17.4 Å². The van der Waals surface area contributed by atoms with Gasteiger partial charge in [-0.3, -0.25) is 4.79 Å². The number of aryl methyl sites for hydroxylation is 1. The summed E-state index contributed by atoms with van der Waals surface area (Å²) in [4.78, 5) is 15.1. The van der Waals surface area contributed by atoms with E-state index < -0.39 is 0 Å². The molecule has 1 rings (SSSR count). The summed E-state index contributed by atoms with van der Waals surface area (Å²) in [5.74, 6) is 0.635. The summed E-state index contributed by atoms with van der Waals surface area (Å²) < 4.78 is 4.78. The van der Waals surface area contributed by atoms with E-state index in [9.17, 15) is 4.79 Å². The number of aromatic nitrogens is 2. The summed E-state index contributed by atoms with van der Waals surface area (Å²) in [6.45, 7) is 1.89. The van der Waals surface area contributed by atoms with Crippen LogP contribution in [0.15, 0.2) is 4.52 Å². The van der Waals surface area contributed by atoms with Gasteiger partial charge in [0.05, 0.1) is 18.0 Å². The second kappa shape index (κ2) is 4.66. The minimum absolute atomic E-state index is 0.0302. The van der Waals surface area contributed by atoms with E-state index in [1.54, 1.807) is 6.92 Å². The fourth-order valence-corrected chi connectivity index (χ4v) is 0.938. The smallest absolute Gasteiger partial charge is 0.246 e. The Morgan fingerprint density at radius 1 is 1.71 bits per heavy atom. The lowest BCUT2D eigenvalue weighted by Crippen LogP contribution is -2.27. The van der Waals surface area contributed by atoms with Crippen molar-refractivity contribution >= 4 is 23.1 Å². The van der Waals surface area contributed by atoms with Crippen molar-refractivity contribution < 1.29 is 9.32 Å². The normalized spacial score (nSPS) is 9.79. The van der Waals surface area contributed by atoms with Crippen LogP contribution >= 0.6 is 12.2 Å². The van der Waals surface area contributed by atoms with E-state index in [2.05, 4.69) is 27.7 Å². The van der Waals surface area contributed by atoms with Crippen molar-refractivity contribution in [1.82, 2.24) is 15.5 Å². The first-order valence-electron chi connectivity index (χ1n) is 3.92. The largest absolute Gasteiger partial charge is 0.393 e. The van der Waals surface area contributed by atoms with Gasteiger partial charge in [0.1, 0.15) is 0 Å². The number of nitrogens with one attached hydrogen (secondary N) is 1. The molecule has 0 aliphatic heterocycles. The number of hydrogen-bond donors (Lipinski definition) is 2. The van der Waals surface area contributed by atoms with E-state index in [-0.39, 0.29) is 23.9 Å². The predicted molar refractivity (Wildman–Crippen MR) is 52.3 cm³/mol. The highest BCUT2D eigenvalue weighted by Gasteiger charge is 2.06. The van der Waals surface area contributed by atoms with Gasteiger partial charge in [0.15, 0.2) is 5.82 Å². The summed E-state index contributed by atoms with van der Waals surface area (Å²) in [6.07, 6.45) is 0.0302. The van der Waals surface area contributed by atoms with Gasteiger partial charge in [0, 0.05) is 0 Å². The molecule has 1 amide bonds. The Hall–Kier alpha value is -1.50. The van der Waals surface area contributed by atoms with Gasteiger partial charge in [-0.2, -0.15) is 4.98 Å². The quantitative estimate of drug-likeness (QED) is 0.666. The maximum absolute atomic E-state index is 11.1. The Balaban J connectivity index is 2.34. The van der Waals surface area contributed by atoms with E-state index in [4.69, 9.17) is 10.3 Å². The van der Waals surface area contributed by atoms with Crippen LogP contribution in [0.25, 0.3) is 0 Å². The van der Waals surface area contributed by atoms with Gasteiger partial charge in [-0.05, 0) is 6.92 Å². The molecule has 0 radical (unpaired) electrons. The molecule has 1 aromatic rings. The minimum atomic E-state index is -0.256. The molecule has 7 heteroatoms. The Morgan fingerprint density at radius 3 is 2.93 bits per heavy atom. The van der Waals surface area contributed by atoms with Crippen molar-refractivity contribution in [2.75, 3.05) is 0 Å². The number of rotatable bonds is 4. The van der Waals surface area contributed by atoms with Crippen LogP contribution in [0.1, 0.15) is 18.1 Å². The molecule has 0 saturated carbocycles. The average molecular weight is 214 g/mol. The van der Waals surface area contributed by atoms with E-state index in [1.165, 1.54) is 0 Å². The molecule has 6 nitrogen and oxygen atoms in total. The van der Waals surface area contributed by atoms with Crippen LogP contribution in [-0.2, 0) is 11.3 Å². The third-order valence-electron chi connectivity index (χ3n) is 1.34. The van der Waals surface area contributed by atoms with E-state index >= 15 is 0 Å². The molecule has 1 heterocycles. The fraction of sp³-hybridized carbons (Fsp3) is 0.429. The van der Waals surface area contributed by atoms with Gasteiger partial charge in [-0.25, -0.2) is 0 Å². The Labute approximate surface area is 85.9 Å². The summed E-state index contributed by atoms with van der Waals surface area (Å²) in [5.41, 5.74) is 5.19. The van der Waals surface area contributed by atoms with Crippen LogP contribution in [-0.4, -0.2) is 21.0 Å². The summed E-state index contributed by atoms with van der Waals surface area (Å²) in [6, 6.07) is 0. The molecule has 1 aromatic heterocycles. The average Bonchev–Trinajstić information content (AvgIpc) is 2.47. The monoisotopic (exact) mass is 214 g/mol.